The first kappa shape index (κ1) is 29.4. The zero-order valence-electron chi connectivity index (χ0n) is 23.0. The molecule has 0 aliphatic rings. The highest BCUT2D eigenvalue weighted by atomic mass is 35.5. The number of amides is 1. The lowest BCUT2D eigenvalue weighted by Crippen LogP contribution is -2.37. The second-order valence-electron chi connectivity index (χ2n) is 9.32. The zero-order valence-corrected chi connectivity index (χ0v) is 24.6. The van der Waals surface area contributed by atoms with Gasteiger partial charge in [-0.3, -0.25) is 23.3 Å². The second-order valence-corrected chi connectivity index (χ2v) is 10.2. The van der Waals surface area contributed by atoms with Gasteiger partial charge in [0.25, 0.3) is 11.5 Å². The van der Waals surface area contributed by atoms with E-state index in [2.05, 4.69) is 15.5 Å². The maximum absolute atomic E-state index is 13.2. The summed E-state index contributed by atoms with van der Waals surface area (Å²) in [6, 6.07) is 16.0. The Bertz CT molecular complexity index is 2030. The van der Waals surface area contributed by atoms with Crippen LogP contribution in [0.1, 0.15) is 21.5 Å². The molecule has 0 bridgehead atoms. The highest BCUT2D eigenvalue weighted by molar-refractivity contribution is 6.35. The van der Waals surface area contributed by atoms with Gasteiger partial charge in [0.1, 0.15) is 5.75 Å². The number of nitrogens with zero attached hydrogens (tertiary/aromatic N) is 5. The van der Waals surface area contributed by atoms with E-state index < -0.39 is 17.2 Å². The van der Waals surface area contributed by atoms with Crippen LogP contribution in [0.25, 0.3) is 11.2 Å². The summed E-state index contributed by atoms with van der Waals surface area (Å²) in [5.74, 6) is -0.207. The van der Waals surface area contributed by atoms with Gasteiger partial charge in [0.2, 0.25) is 0 Å². The number of nitrogens with one attached hydrogen (secondary N) is 1. The van der Waals surface area contributed by atoms with Crippen molar-refractivity contribution in [2.24, 2.45) is 19.2 Å². The molecule has 0 radical (unpaired) electrons. The molecule has 2 aromatic heterocycles. The van der Waals surface area contributed by atoms with Crippen molar-refractivity contribution in [3.8, 4) is 23.3 Å². The normalized spacial score (nSPS) is 11.3. The molecule has 0 spiro atoms. The molecule has 3 aromatic carbocycles. The lowest BCUT2D eigenvalue weighted by atomic mass is 10.2. The molecule has 0 aliphatic carbocycles. The van der Waals surface area contributed by atoms with E-state index in [1.807, 2.05) is 0 Å². The largest absolute Gasteiger partial charge is 0.507 e. The molecule has 0 aliphatic heterocycles. The van der Waals surface area contributed by atoms with Gasteiger partial charge in [0, 0.05) is 24.1 Å². The Morgan fingerprint density at radius 2 is 1.81 bits per heavy atom. The van der Waals surface area contributed by atoms with Gasteiger partial charge in [-0.15, -0.1) is 0 Å². The number of aromatic nitrogens is 4. The van der Waals surface area contributed by atoms with Crippen LogP contribution in [0.4, 0.5) is 0 Å². The molecule has 1 amide bonds. The molecule has 0 atom stereocenters. The maximum atomic E-state index is 13.2. The summed E-state index contributed by atoms with van der Waals surface area (Å²) in [5.41, 5.74) is 2.78. The number of phenolic OH excluding ortho intramolecular Hbond substituents is 1. The number of hydrogen-bond donors (Lipinski definition) is 2. The summed E-state index contributed by atoms with van der Waals surface area (Å²) in [7, 11) is 4.33. The highest BCUT2D eigenvalue weighted by Crippen LogP contribution is 2.34. The van der Waals surface area contributed by atoms with Crippen LogP contribution in [0, 0.1) is 0 Å². The highest BCUT2D eigenvalue weighted by Gasteiger charge is 2.22. The first-order valence-corrected chi connectivity index (χ1v) is 13.4. The summed E-state index contributed by atoms with van der Waals surface area (Å²) >= 11 is 12.5. The van der Waals surface area contributed by atoms with Crippen LogP contribution in [0.3, 0.4) is 0 Å². The van der Waals surface area contributed by atoms with Crippen molar-refractivity contribution in [2.75, 3.05) is 7.11 Å². The molecule has 2 heterocycles. The van der Waals surface area contributed by atoms with Gasteiger partial charge in [0.15, 0.2) is 22.7 Å². The van der Waals surface area contributed by atoms with E-state index in [1.54, 1.807) is 48.5 Å². The van der Waals surface area contributed by atoms with Gasteiger partial charge in [-0.05, 0) is 53.6 Å². The topological polar surface area (TPSA) is 142 Å². The third-order valence-electron chi connectivity index (χ3n) is 6.57. The average Bonchev–Trinajstić information content (AvgIpc) is 3.34. The smallest absolute Gasteiger partial charge is 0.332 e. The number of aromatic hydroxyl groups is 1. The Morgan fingerprint density at radius 1 is 1.05 bits per heavy atom. The average molecular weight is 623 g/mol. The zero-order chi connectivity index (χ0) is 30.8. The predicted molar refractivity (Wildman–Crippen MR) is 162 cm³/mol. The van der Waals surface area contributed by atoms with Gasteiger partial charge in [-0.25, -0.2) is 10.2 Å². The fraction of sp³-hybridized carbons (Fsp3) is 0.138. The molecule has 14 heteroatoms. The van der Waals surface area contributed by atoms with E-state index in [0.29, 0.717) is 26.9 Å². The van der Waals surface area contributed by atoms with Crippen LogP contribution in [0.5, 0.6) is 23.3 Å². The number of carbonyl (C=O) groups excluding carboxylic acids is 1. The van der Waals surface area contributed by atoms with E-state index >= 15 is 0 Å². The monoisotopic (exact) mass is 622 g/mol. The maximum Gasteiger partial charge on any atom is 0.332 e. The van der Waals surface area contributed by atoms with Gasteiger partial charge >= 0.3 is 11.7 Å². The van der Waals surface area contributed by atoms with Crippen LogP contribution in [-0.2, 0) is 20.6 Å². The molecule has 0 saturated heterocycles. The van der Waals surface area contributed by atoms with Crippen molar-refractivity contribution >= 4 is 46.5 Å². The Hall–Kier alpha value is -5.07. The Morgan fingerprint density at radius 3 is 2.53 bits per heavy atom. The lowest BCUT2D eigenvalue weighted by molar-refractivity contribution is 0.0952. The number of carbonyl (C=O) groups is 1. The number of imidazole rings is 1. The van der Waals surface area contributed by atoms with E-state index in [0.717, 1.165) is 4.57 Å². The van der Waals surface area contributed by atoms with E-state index in [4.69, 9.17) is 32.7 Å². The van der Waals surface area contributed by atoms with Crippen molar-refractivity contribution in [3.05, 3.63) is 108 Å². The first-order valence-electron chi connectivity index (χ1n) is 12.7. The number of benzene rings is 3. The second kappa shape index (κ2) is 12.0. The molecule has 5 aromatic rings. The van der Waals surface area contributed by atoms with Crippen molar-refractivity contribution in [3.63, 3.8) is 0 Å². The summed E-state index contributed by atoms with van der Waals surface area (Å²) in [4.78, 5) is 42.7. The molecule has 5 rings (SSSR count). The lowest BCUT2D eigenvalue weighted by Gasteiger charge is -2.13. The number of para-hydroxylation sites is 1. The number of ether oxygens (including phenoxy) is 2. The minimum atomic E-state index is -0.582. The van der Waals surface area contributed by atoms with Gasteiger partial charge in [-0.1, -0.05) is 41.4 Å². The standard InChI is InChI=1S/C29H24Cl2N6O6/c1-35-25-24(27(40)36(2)29(35)41)37(15-17-9-10-18(30)13-20(17)31)28(33-25)43-22-11-8-16(12-23(22)42-3)14-32-34-26(39)19-6-4-5-7-21(19)38/h4-14,38H,15H2,1-3H3,(H,34,39)/b32-14+. The SMILES string of the molecule is COc1cc(/C=N/NC(=O)c2ccccc2O)ccc1Oc1nc2c(c(=O)n(C)c(=O)n2C)n1Cc1ccc(Cl)cc1Cl. The predicted octanol–water partition coefficient (Wildman–Crippen LogP) is 4.06. The number of phenols is 1. The number of hydrogen-bond acceptors (Lipinski definition) is 8. The summed E-state index contributed by atoms with van der Waals surface area (Å²) in [6.45, 7) is 0.0823. The van der Waals surface area contributed by atoms with Gasteiger partial charge in [-0.2, -0.15) is 10.1 Å². The summed E-state index contributed by atoms with van der Waals surface area (Å²) < 4.78 is 15.4. The fourth-order valence-corrected chi connectivity index (χ4v) is 4.78. The van der Waals surface area contributed by atoms with Crippen molar-refractivity contribution in [1.82, 2.24) is 24.1 Å². The Balaban J connectivity index is 1.50. The van der Waals surface area contributed by atoms with Crippen molar-refractivity contribution < 1.29 is 19.4 Å². The van der Waals surface area contributed by atoms with E-state index in [9.17, 15) is 19.5 Å². The molecule has 0 unspecified atom stereocenters. The third kappa shape index (κ3) is 5.83. The van der Waals surface area contributed by atoms with Crippen LogP contribution >= 0.6 is 23.2 Å². The van der Waals surface area contributed by atoms with Crippen LogP contribution in [-0.4, -0.2) is 43.0 Å². The molecular weight excluding hydrogens is 599 g/mol. The summed E-state index contributed by atoms with van der Waals surface area (Å²) in [5, 5.41) is 14.6. The first-order chi connectivity index (χ1) is 20.6. The minimum Gasteiger partial charge on any atom is -0.507 e. The quantitative estimate of drug-likeness (QED) is 0.196. The molecule has 43 heavy (non-hydrogen) atoms. The van der Waals surface area contributed by atoms with Crippen molar-refractivity contribution in [2.45, 2.75) is 6.54 Å². The number of rotatable bonds is 8. The number of fused-ring (bicyclic) bond motifs is 1. The minimum absolute atomic E-state index is 0.00830. The molecule has 12 nitrogen and oxygen atoms in total. The Kier molecular flexibility index (Phi) is 8.24. The van der Waals surface area contributed by atoms with Crippen LogP contribution in [0.2, 0.25) is 10.0 Å². The molecule has 220 valence electrons. The molecular formula is C29H24Cl2N6O6. The van der Waals surface area contributed by atoms with Crippen LogP contribution < -0.4 is 26.1 Å². The number of aryl methyl sites for hydroxylation is 1. The Labute approximate surface area is 253 Å². The van der Waals surface area contributed by atoms with E-state index in [1.165, 1.54) is 48.7 Å². The van der Waals surface area contributed by atoms with Gasteiger partial charge < -0.3 is 14.6 Å². The van der Waals surface area contributed by atoms with Crippen LogP contribution in [0.15, 0.2) is 75.4 Å². The fourth-order valence-electron chi connectivity index (χ4n) is 4.31. The molecule has 0 saturated carbocycles. The summed E-state index contributed by atoms with van der Waals surface area (Å²) in [6.07, 6.45) is 1.39. The van der Waals surface area contributed by atoms with Crippen molar-refractivity contribution in [1.29, 1.82) is 0 Å². The van der Waals surface area contributed by atoms with Gasteiger partial charge in [0.05, 0.1) is 25.4 Å². The number of hydrazone groups is 1. The van der Waals surface area contributed by atoms with E-state index in [-0.39, 0.29) is 40.8 Å². The molecule has 2 N–H and O–H groups in total. The third-order valence-corrected chi connectivity index (χ3v) is 7.16. The molecule has 0 fully saturated rings. The number of methoxy groups -OCH3 is 1. The number of halogens is 2.